The number of nitrogens with one attached hydrogen (secondary N) is 1. The highest BCUT2D eigenvalue weighted by atomic mass is 32.3. The topological polar surface area (TPSA) is 138 Å². The van der Waals surface area contributed by atoms with Crippen LogP contribution in [0.25, 0.3) is 0 Å². The van der Waals surface area contributed by atoms with E-state index in [9.17, 15) is 26.7 Å². The molecule has 0 saturated carbocycles. The van der Waals surface area contributed by atoms with Gasteiger partial charge >= 0.3 is 16.5 Å². The average Bonchev–Trinajstić information content (AvgIpc) is 2.89. The Labute approximate surface area is 215 Å². The van der Waals surface area contributed by atoms with Crippen LogP contribution in [0.2, 0.25) is 0 Å². The highest BCUT2D eigenvalue weighted by Gasteiger charge is 2.55. The molecule has 2 aromatic carbocycles. The fourth-order valence-corrected chi connectivity index (χ4v) is 5.29. The molecule has 14 heteroatoms. The largest absolute Gasteiger partial charge is 0.497 e. The molecule has 0 bridgehead atoms. The number of fused-ring (bicyclic) bond motifs is 1. The number of para-hydroxylation sites is 1. The van der Waals surface area contributed by atoms with Crippen molar-refractivity contribution in [1.82, 2.24) is 10.2 Å². The zero-order valence-corrected chi connectivity index (χ0v) is 20.9. The third-order valence-electron chi connectivity index (χ3n) is 5.29. The van der Waals surface area contributed by atoms with E-state index >= 15 is 0 Å². The van der Waals surface area contributed by atoms with Crippen molar-refractivity contribution in [3.63, 3.8) is 0 Å². The lowest BCUT2D eigenvalue weighted by molar-refractivity contribution is -0.154. The van der Waals surface area contributed by atoms with E-state index in [0.29, 0.717) is 17.1 Å². The van der Waals surface area contributed by atoms with E-state index in [1.165, 1.54) is 7.11 Å². The fourth-order valence-electron chi connectivity index (χ4n) is 3.58. The van der Waals surface area contributed by atoms with Crippen molar-refractivity contribution < 1.29 is 45.1 Å². The Bertz CT molecular complexity index is 1320. The number of hydrogen-bond donors (Lipinski definition) is 1. The first-order chi connectivity index (χ1) is 17.7. The SMILES string of the molecule is COc1ccc(COC(=O)C2=C(OS(=O)(=O)F)CS[C@H]3C(NC(=O)COc4ccccc4)C(=O)N23)cc1. The third-order valence-corrected chi connectivity index (χ3v) is 6.94. The maximum atomic E-state index is 13.3. The van der Waals surface area contributed by atoms with Crippen LogP contribution in [0.15, 0.2) is 66.1 Å². The van der Waals surface area contributed by atoms with E-state index in [2.05, 4.69) is 9.50 Å². The zero-order valence-electron chi connectivity index (χ0n) is 19.3. The predicted molar refractivity (Wildman–Crippen MR) is 128 cm³/mol. The molecule has 2 aromatic rings. The summed E-state index contributed by atoms with van der Waals surface area (Å²) < 4.78 is 55.6. The van der Waals surface area contributed by atoms with Crippen LogP contribution in [-0.4, -0.2) is 62.0 Å². The van der Waals surface area contributed by atoms with Crippen LogP contribution in [-0.2, 0) is 40.4 Å². The van der Waals surface area contributed by atoms with Gasteiger partial charge in [-0.05, 0) is 29.8 Å². The van der Waals surface area contributed by atoms with Gasteiger partial charge in [-0.1, -0.05) is 34.2 Å². The zero-order chi connectivity index (χ0) is 26.6. The number of amides is 2. The van der Waals surface area contributed by atoms with Gasteiger partial charge in [0.1, 0.15) is 29.5 Å². The molecule has 1 fully saturated rings. The predicted octanol–water partition coefficient (Wildman–Crippen LogP) is 1.66. The number of nitrogens with zero attached hydrogens (tertiary/aromatic N) is 1. The molecule has 1 saturated heterocycles. The molecule has 0 radical (unpaired) electrons. The summed E-state index contributed by atoms with van der Waals surface area (Å²) in [4.78, 5) is 39.0. The van der Waals surface area contributed by atoms with Crippen LogP contribution < -0.4 is 14.8 Å². The number of rotatable bonds is 10. The quantitative estimate of drug-likeness (QED) is 0.263. The molecule has 4 rings (SSSR count). The molecule has 1 N–H and O–H groups in total. The number of carbonyl (C=O) groups excluding carboxylic acids is 3. The van der Waals surface area contributed by atoms with Gasteiger partial charge in [0.15, 0.2) is 18.1 Å². The number of esters is 1. The maximum Gasteiger partial charge on any atom is 0.488 e. The molecule has 11 nitrogen and oxygen atoms in total. The summed E-state index contributed by atoms with van der Waals surface area (Å²) in [5.41, 5.74) is 0.0325. The van der Waals surface area contributed by atoms with Gasteiger partial charge in [0.2, 0.25) is 0 Å². The monoisotopic (exact) mass is 552 g/mol. The Kier molecular flexibility index (Phi) is 7.88. The first kappa shape index (κ1) is 26.3. The number of hydrogen-bond acceptors (Lipinski definition) is 10. The summed E-state index contributed by atoms with van der Waals surface area (Å²) in [6.07, 6.45) is 0. The summed E-state index contributed by atoms with van der Waals surface area (Å²) in [7, 11) is -3.99. The summed E-state index contributed by atoms with van der Waals surface area (Å²) >= 11 is 0.984. The Hall–Kier alpha value is -3.78. The number of β-lactam (4-membered cyclic amide) rings is 1. The molecule has 1 unspecified atom stereocenters. The van der Waals surface area contributed by atoms with Gasteiger partial charge < -0.3 is 23.7 Å². The number of benzene rings is 2. The molecule has 2 heterocycles. The minimum Gasteiger partial charge on any atom is -0.497 e. The number of carbonyl (C=O) groups is 3. The van der Waals surface area contributed by atoms with Gasteiger partial charge in [-0.15, -0.1) is 11.8 Å². The van der Waals surface area contributed by atoms with Crippen LogP contribution >= 0.6 is 11.8 Å². The molecule has 2 aliphatic heterocycles. The third kappa shape index (κ3) is 6.32. The molecule has 196 valence electrons. The lowest BCUT2D eigenvalue weighted by atomic mass is 10.0. The highest BCUT2D eigenvalue weighted by Crippen LogP contribution is 2.41. The normalized spacial score (nSPS) is 18.9. The Morgan fingerprint density at radius 3 is 2.46 bits per heavy atom. The van der Waals surface area contributed by atoms with Crippen molar-refractivity contribution in [2.75, 3.05) is 19.5 Å². The van der Waals surface area contributed by atoms with E-state index in [1.54, 1.807) is 54.6 Å². The molecule has 37 heavy (non-hydrogen) atoms. The molecule has 0 aliphatic carbocycles. The lowest BCUT2D eigenvalue weighted by Crippen LogP contribution is -2.71. The molecule has 2 atom stereocenters. The van der Waals surface area contributed by atoms with Crippen molar-refractivity contribution in [2.45, 2.75) is 18.0 Å². The second kappa shape index (κ2) is 11.1. The minimum absolute atomic E-state index is 0.223. The van der Waals surface area contributed by atoms with E-state index in [-0.39, 0.29) is 19.0 Å². The highest BCUT2D eigenvalue weighted by molar-refractivity contribution is 8.00. The number of ether oxygens (including phenoxy) is 3. The second-order valence-electron chi connectivity index (χ2n) is 7.73. The Morgan fingerprint density at radius 1 is 1.11 bits per heavy atom. The molecule has 0 spiro atoms. The summed E-state index contributed by atoms with van der Waals surface area (Å²) in [5, 5.41) is 1.76. The Morgan fingerprint density at radius 2 is 1.81 bits per heavy atom. The first-order valence-corrected chi connectivity index (χ1v) is 13.1. The summed E-state index contributed by atoms with van der Waals surface area (Å²) in [6, 6.07) is 14.1. The molecular formula is C23H21FN2O9S2. The fraction of sp³-hybridized carbons (Fsp3) is 0.261. The van der Waals surface area contributed by atoms with Gasteiger partial charge in [-0.25, -0.2) is 4.79 Å². The van der Waals surface area contributed by atoms with E-state index < -0.39 is 51.2 Å². The average molecular weight is 553 g/mol. The van der Waals surface area contributed by atoms with Crippen molar-refractivity contribution in [3.05, 3.63) is 71.6 Å². The second-order valence-corrected chi connectivity index (χ2v) is 9.79. The van der Waals surface area contributed by atoms with Crippen LogP contribution in [0.3, 0.4) is 0 Å². The van der Waals surface area contributed by atoms with Crippen molar-refractivity contribution in [1.29, 1.82) is 0 Å². The van der Waals surface area contributed by atoms with Gasteiger partial charge in [0.05, 0.1) is 12.9 Å². The number of halogens is 1. The van der Waals surface area contributed by atoms with Crippen LogP contribution in [0.1, 0.15) is 5.56 Å². The molecule has 2 amide bonds. The van der Waals surface area contributed by atoms with Crippen molar-refractivity contribution in [2.24, 2.45) is 0 Å². The molecule has 2 aliphatic rings. The van der Waals surface area contributed by atoms with Gasteiger partial charge in [-0.2, -0.15) is 8.42 Å². The Balaban J connectivity index is 1.45. The smallest absolute Gasteiger partial charge is 0.488 e. The number of thioether (sulfide) groups is 1. The maximum absolute atomic E-state index is 13.3. The standard InChI is InChI=1S/C23H21FN2O9S2/c1-32-15-9-7-14(8-10-15)11-34-23(29)20-17(35-37(24,30)31)13-36-22-19(21(28)26(20)22)25-18(27)12-33-16-5-3-2-4-6-16/h2-10,19,22H,11-13H2,1H3,(H,25,27)/t19?,22-/m0/s1. The number of methoxy groups -OCH3 is 1. The molecular weight excluding hydrogens is 531 g/mol. The van der Waals surface area contributed by atoms with E-state index in [0.717, 1.165) is 16.7 Å². The van der Waals surface area contributed by atoms with Crippen molar-refractivity contribution >= 4 is 40.0 Å². The summed E-state index contributed by atoms with van der Waals surface area (Å²) in [6.45, 7) is -0.578. The first-order valence-electron chi connectivity index (χ1n) is 10.8. The van der Waals surface area contributed by atoms with Crippen LogP contribution in [0.4, 0.5) is 3.89 Å². The van der Waals surface area contributed by atoms with Crippen molar-refractivity contribution in [3.8, 4) is 11.5 Å². The molecule has 0 aromatic heterocycles. The summed E-state index contributed by atoms with van der Waals surface area (Å²) in [5.74, 6) is -2.20. The van der Waals surface area contributed by atoms with Gasteiger partial charge in [0, 0.05) is 0 Å². The van der Waals surface area contributed by atoms with E-state index in [1.807, 2.05) is 0 Å². The minimum atomic E-state index is -5.48. The van der Waals surface area contributed by atoms with E-state index in [4.69, 9.17) is 14.2 Å². The van der Waals surface area contributed by atoms with Gasteiger partial charge in [-0.3, -0.25) is 14.5 Å². The van der Waals surface area contributed by atoms with Crippen LogP contribution in [0.5, 0.6) is 11.5 Å². The van der Waals surface area contributed by atoms with Crippen LogP contribution in [0, 0.1) is 0 Å². The van der Waals surface area contributed by atoms with Gasteiger partial charge in [0.25, 0.3) is 11.8 Å². The lowest BCUT2D eigenvalue weighted by Gasteiger charge is -2.48.